The van der Waals surface area contributed by atoms with Crippen LogP contribution in [0.15, 0.2) is 28.7 Å². The first kappa shape index (κ1) is 11.6. The molecule has 0 aromatic heterocycles. The van der Waals surface area contributed by atoms with Crippen molar-refractivity contribution in [3.05, 3.63) is 39.9 Å². The molecule has 3 heteroatoms. The Hall–Kier alpha value is 0.520. The molecule has 0 atom stereocenters. The summed E-state index contributed by atoms with van der Waals surface area (Å²) in [6, 6.07) is 6.34. The second kappa shape index (κ2) is 6.09. The zero-order chi connectivity index (χ0) is 9.68. The molecule has 0 aliphatic rings. The Balaban J connectivity index is 2.77. The van der Waals surface area contributed by atoms with Crippen LogP contribution in [0.25, 0.3) is 6.08 Å². The van der Waals surface area contributed by atoms with Gasteiger partial charge in [0.1, 0.15) is 0 Å². The first-order chi connectivity index (χ1) is 6.24. The predicted molar refractivity (Wildman–Crippen MR) is 74.4 cm³/mol. The third-order valence-electron chi connectivity index (χ3n) is 1.69. The molecule has 0 nitrogen and oxygen atoms in total. The average Bonchev–Trinajstić information content (AvgIpc) is 2.09. The molecule has 0 amide bonds. The highest BCUT2D eigenvalue weighted by molar-refractivity contribution is 14.2. The van der Waals surface area contributed by atoms with Gasteiger partial charge in [0.05, 0.1) is 0 Å². The van der Waals surface area contributed by atoms with Gasteiger partial charge in [-0.05, 0) is 51.4 Å². The van der Waals surface area contributed by atoms with Gasteiger partial charge in [0.25, 0.3) is 0 Å². The highest BCUT2D eigenvalue weighted by atomic mass is 127. The van der Waals surface area contributed by atoms with Gasteiger partial charge in [-0.2, -0.15) is 0 Å². The van der Waals surface area contributed by atoms with Crippen LogP contribution in [-0.4, -0.2) is 5.75 Å². The summed E-state index contributed by atoms with van der Waals surface area (Å²) in [6.45, 7) is 2.13. The molecule has 0 saturated heterocycles. The number of rotatable bonds is 3. The van der Waals surface area contributed by atoms with E-state index in [4.69, 9.17) is 0 Å². The number of aryl methyl sites for hydroxylation is 1. The van der Waals surface area contributed by atoms with Crippen LogP contribution in [0.2, 0.25) is 0 Å². The van der Waals surface area contributed by atoms with Gasteiger partial charge in [0.2, 0.25) is 0 Å². The first-order valence-corrected chi connectivity index (χ1v) is 8.22. The van der Waals surface area contributed by atoms with Crippen LogP contribution in [0, 0.1) is 6.92 Å². The lowest BCUT2D eigenvalue weighted by atomic mass is 10.1. The molecule has 0 unspecified atom stereocenters. The van der Waals surface area contributed by atoms with Crippen LogP contribution < -0.4 is 0 Å². The van der Waals surface area contributed by atoms with Crippen molar-refractivity contribution < 1.29 is 0 Å². The molecule has 0 aliphatic heterocycles. The fourth-order valence-electron chi connectivity index (χ4n) is 1.04. The molecule has 0 heterocycles. The van der Waals surface area contributed by atoms with Crippen molar-refractivity contribution in [1.29, 1.82) is 0 Å². The molecule has 70 valence electrons. The van der Waals surface area contributed by atoms with E-state index in [1.807, 2.05) is 0 Å². The Bertz CT molecular complexity index is 310. The Kier molecular flexibility index (Phi) is 5.43. The molecule has 1 aromatic rings. The Labute approximate surface area is 104 Å². The molecule has 0 spiro atoms. The van der Waals surface area contributed by atoms with Crippen molar-refractivity contribution in [2.75, 3.05) is 5.75 Å². The minimum absolute atomic E-state index is 1.07. The highest BCUT2D eigenvalue weighted by Crippen LogP contribution is 2.18. The lowest BCUT2D eigenvalue weighted by Crippen LogP contribution is -1.79. The van der Waals surface area contributed by atoms with Gasteiger partial charge in [-0.3, -0.25) is 0 Å². The topological polar surface area (TPSA) is 0 Å². The standard InChI is InChI=1S/C10H10BrIS/c1-8-7-10(11)5-4-9(8)3-2-6-13-12/h2-5,7H,6H2,1H3/b3-2+. The quantitative estimate of drug-likeness (QED) is 0.687. The SMILES string of the molecule is Cc1cc(Br)ccc1/C=C/CSI. The zero-order valence-electron chi connectivity index (χ0n) is 7.26. The van der Waals surface area contributed by atoms with Crippen LogP contribution in [0.3, 0.4) is 0 Å². The largest absolute Gasteiger partial charge is 0.0852 e. The van der Waals surface area contributed by atoms with Crippen molar-refractivity contribution in [1.82, 2.24) is 0 Å². The lowest BCUT2D eigenvalue weighted by molar-refractivity contribution is 1.42. The fraction of sp³-hybridized carbons (Fsp3) is 0.200. The van der Waals surface area contributed by atoms with E-state index < -0.39 is 0 Å². The summed E-state index contributed by atoms with van der Waals surface area (Å²) >= 11 is 5.75. The summed E-state index contributed by atoms with van der Waals surface area (Å²) in [5.41, 5.74) is 2.61. The number of benzene rings is 1. The van der Waals surface area contributed by atoms with Crippen LogP contribution in [0.5, 0.6) is 0 Å². The normalized spacial score (nSPS) is 11.0. The maximum atomic E-state index is 3.45. The molecule has 0 radical (unpaired) electrons. The van der Waals surface area contributed by atoms with Gasteiger partial charge >= 0.3 is 0 Å². The molecule has 0 saturated carbocycles. The highest BCUT2D eigenvalue weighted by Gasteiger charge is 1.93. The van der Waals surface area contributed by atoms with Crippen molar-refractivity contribution in [3.8, 4) is 0 Å². The van der Waals surface area contributed by atoms with E-state index in [2.05, 4.69) is 74.4 Å². The smallest absolute Gasteiger partial charge is 0.0217 e. The fourth-order valence-corrected chi connectivity index (χ4v) is 2.30. The van der Waals surface area contributed by atoms with Crippen molar-refractivity contribution in [2.45, 2.75) is 6.92 Å². The van der Waals surface area contributed by atoms with E-state index in [1.54, 1.807) is 8.93 Å². The Morgan fingerprint density at radius 2 is 2.31 bits per heavy atom. The van der Waals surface area contributed by atoms with E-state index in [0.29, 0.717) is 0 Å². The van der Waals surface area contributed by atoms with Crippen molar-refractivity contribution in [2.24, 2.45) is 0 Å². The van der Waals surface area contributed by atoms with Gasteiger partial charge in [-0.25, -0.2) is 0 Å². The van der Waals surface area contributed by atoms with Crippen LogP contribution in [-0.2, 0) is 0 Å². The number of hydrogen-bond donors (Lipinski definition) is 0. The summed E-state index contributed by atoms with van der Waals surface area (Å²) in [6.07, 6.45) is 4.36. The van der Waals surface area contributed by atoms with Crippen LogP contribution in [0.4, 0.5) is 0 Å². The first-order valence-electron chi connectivity index (χ1n) is 3.90. The lowest BCUT2D eigenvalue weighted by Gasteiger charge is -1.99. The summed E-state index contributed by atoms with van der Waals surface area (Å²) in [5, 5.41) is 0. The van der Waals surface area contributed by atoms with E-state index >= 15 is 0 Å². The number of halogens is 2. The maximum Gasteiger partial charge on any atom is 0.0217 e. The summed E-state index contributed by atoms with van der Waals surface area (Å²) in [7, 11) is 1.80. The zero-order valence-corrected chi connectivity index (χ0v) is 11.8. The molecule has 0 aliphatic carbocycles. The second-order valence-corrected chi connectivity index (χ2v) is 6.01. The number of hydrogen-bond acceptors (Lipinski definition) is 1. The predicted octanol–water partition coefficient (Wildman–Crippen LogP) is 4.85. The van der Waals surface area contributed by atoms with E-state index in [-0.39, 0.29) is 0 Å². The molecule has 0 fully saturated rings. The Morgan fingerprint density at radius 3 is 2.92 bits per heavy atom. The van der Waals surface area contributed by atoms with E-state index in [1.165, 1.54) is 11.1 Å². The van der Waals surface area contributed by atoms with Gasteiger partial charge < -0.3 is 0 Å². The molecule has 0 bridgehead atoms. The molecule has 13 heavy (non-hydrogen) atoms. The van der Waals surface area contributed by atoms with Gasteiger partial charge in [0.15, 0.2) is 0 Å². The monoisotopic (exact) mass is 368 g/mol. The molecule has 0 N–H and O–H groups in total. The minimum Gasteiger partial charge on any atom is -0.0852 e. The van der Waals surface area contributed by atoms with Crippen molar-refractivity contribution in [3.63, 3.8) is 0 Å². The Morgan fingerprint density at radius 1 is 1.54 bits per heavy atom. The summed E-state index contributed by atoms with van der Waals surface area (Å²) < 4.78 is 1.14. The molecular formula is C10H10BrIS. The summed E-state index contributed by atoms with van der Waals surface area (Å²) in [4.78, 5) is 0. The third-order valence-corrected chi connectivity index (χ3v) is 3.58. The second-order valence-electron chi connectivity index (χ2n) is 2.68. The van der Waals surface area contributed by atoms with Gasteiger partial charge in [-0.15, -0.1) is 0 Å². The third kappa shape index (κ3) is 4.04. The van der Waals surface area contributed by atoms with E-state index in [9.17, 15) is 0 Å². The van der Waals surface area contributed by atoms with E-state index in [0.717, 1.165) is 10.2 Å². The maximum absolute atomic E-state index is 3.45. The van der Waals surface area contributed by atoms with Crippen molar-refractivity contribution >= 4 is 52.1 Å². The van der Waals surface area contributed by atoms with Crippen LogP contribution >= 0.6 is 46.1 Å². The summed E-state index contributed by atoms with van der Waals surface area (Å²) in [5.74, 6) is 1.07. The average molecular weight is 369 g/mol. The molecule has 1 rings (SSSR count). The minimum atomic E-state index is 1.07. The van der Waals surface area contributed by atoms with Gasteiger partial charge in [-0.1, -0.05) is 43.1 Å². The van der Waals surface area contributed by atoms with Gasteiger partial charge in [0, 0.05) is 10.2 Å². The molecule has 1 aromatic carbocycles. The van der Waals surface area contributed by atoms with Crippen LogP contribution in [0.1, 0.15) is 11.1 Å². The molecular weight excluding hydrogens is 359 g/mol.